The highest BCUT2D eigenvalue weighted by atomic mass is 16.2. The number of carbonyl (C=O) groups is 1. The molecule has 0 saturated heterocycles. The van der Waals surface area contributed by atoms with Gasteiger partial charge in [-0.2, -0.15) is 0 Å². The van der Waals surface area contributed by atoms with Gasteiger partial charge in [0.05, 0.1) is 6.54 Å². The standard InChI is InChI=1S/C21H29N3O/c1-18-7-5-6-10-20(18)11-14-23-21(25)17-24(16-13-22)15-12-19-8-3-2-4-9-19/h2-10H,11-17,22H2,1H3,(H,23,25). The minimum atomic E-state index is 0.0649. The van der Waals surface area contributed by atoms with Crippen molar-refractivity contribution in [3.63, 3.8) is 0 Å². The van der Waals surface area contributed by atoms with Crippen molar-refractivity contribution < 1.29 is 4.79 Å². The number of hydrogen-bond donors (Lipinski definition) is 2. The van der Waals surface area contributed by atoms with Crippen molar-refractivity contribution in [2.45, 2.75) is 19.8 Å². The molecule has 0 bridgehead atoms. The zero-order valence-corrected chi connectivity index (χ0v) is 15.1. The minimum absolute atomic E-state index is 0.0649. The Morgan fingerprint density at radius 2 is 1.72 bits per heavy atom. The number of nitrogens with two attached hydrogens (primary N) is 1. The van der Waals surface area contributed by atoms with E-state index < -0.39 is 0 Å². The first-order valence-electron chi connectivity index (χ1n) is 8.96. The summed E-state index contributed by atoms with van der Waals surface area (Å²) in [6.07, 6.45) is 1.79. The van der Waals surface area contributed by atoms with Crippen LogP contribution in [0, 0.1) is 6.92 Å². The summed E-state index contributed by atoms with van der Waals surface area (Å²) < 4.78 is 0. The summed E-state index contributed by atoms with van der Waals surface area (Å²) in [4.78, 5) is 14.3. The predicted molar refractivity (Wildman–Crippen MR) is 104 cm³/mol. The maximum atomic E-state index is 12.2. The van der Waals surface area contributed by atoms with Crippen LogP contribution in [0.15, 0.2) is 54.6 Å². The number of nitrogens with one attached hydrogen (secondary N) is 1. The van der Waals surface area contributed by atoms with Gasteiger partial charge in [0, 0.05) is 26.2 Å². The molecule has 4 nitrogen and oxygen atoms in total. The summed E-state index contributed by atoms with van der Waals surface area (Å²) in [5.41, 5.74) is 9.53. The molecule has 0 spiro atoms. The van der Waals surface area contributed by atoms with Crippen molar-refractivity contribution in [2.75, 3.05) is 32.7 Å². The summed E-state index contributed by atoms with van der Waals surface area (Å²) in [6, 6.07) is 18.6. The van der Waals surface area contributed by atoms with Gasteiger partial charge < -0.3 is 11.1 Å². The summed E-state index contributed by atoms with van der Waals surface area (Å²) in [7, 11) is 0. The van der Waals surface area contributed by atoms with Crippen molar-refractivity contribution in [3.05, 3.63) is 71.3 Å². The molecule has 0 atom stereocenters. The zero-order chi connectivity index (χ0) is 17.9. The molecule has 0 unspecified atom stereocenters. The van der Waals surface area contributed by atoms with E-state index in [2.05, 4.69) is 41.4 Å². The van der Waals surface area contributed by atoms with Crippen LogP contribution in [0.3, 0.4) is 0 Å². The number of hydrogen-bond acceptors (Lipinski definition) is 3. The molecule has 0 saturated carbocycles. The van der Waals surface area contributed by atoms with Gasteiger partial charge in [-0.25, -0.2) is 0 Å². The first-order valence-corrected chi connectivity index (χ1v) is 8.96. The van der Waals surface area contributed by atoms with Gasteiger partial charge in [-0.3, -0.25) is 9.69 Å². The Labute approximate surface area is 151 Å². The summed E-state index contributed by atoms with van der Waals surface area (Å²) in [5.74, 6) is 0.0649. The Kier molecular flexibility index (Phi) is 8.16. The quantitative estimate of drug-likeness (QED) is 0.697. The second-order valence-electron chi connectivity index (χ2n) is 6.33. The Balaban J connectivity index is 1.74. The lowest BCUT2D eigenvalue weighted by atomic mass is 10.1. The van der Waals surface area contributed by atoms with Crippen LogP contribution in [0.1, 0.15) is 16.7 Å². The summed E-state index contributed by atoms with van der Waals surface area (Å²) in [5, 5.41) is 3.02. The normalized spacial score (nSPS) is 10.8. The van der Waals surface area contributed by atoms with Crippen molar-refractivity contribution in [2.24, 2.45) is 5.73 Å². The molecular weight excluding hydrogens is 310 g/mol. The highest BCUT2D eigenvalue weighted by Gasteiger charge is 2.10. The Bertz CT molecular complexity index is 643. The number of amides is 1. The van der Waals surface area contributed by atoms with Gasteiger partial charge in [0.25, 0.3) is 0 Å². The minimum Gasteiger partial charge on any atom is -0.355 e. The molecule has 1 amide bonds. The third-order valence-corrected chi connectivity index (χ3v) is 4.35. The van der Waals surface area contributed by atoms with Gasteiger partial charge in [0.2, 0.25) is 5.91 Å². The number of rotatable bonds is 10. The van der Waals surface area contributed by atoms with E-state index in [-0.39, 0.29) is 5.91 Å². The molecule has 0 aliphatic heterocycles. The molecule has 3 N–H and O–H groups in total. The number of carbonyl (C=O) groups excluding carboxylic acids is 1. The first kappa shape index (κ1) is 19.2. The van der Waals surface area contributed by atoms with Crippen LogP contribution >= 0.6 is 0 Å². The van der Waals surface area contributed by atoms with E-state index in [1.54, 1.807) is 0 Å². The predicted octanol–water partition coefficient (Wildman–Crippen LogP) is 2.16. The lowest BCUT2D eigenvalue weighted by molar-refractivity contribution is -0.122. The van der Waals surface area contributed by atoms with Crippen LogP contribution < -0.4 is 11.1 Å². The van der Waals surface area contributed by atoms with Crippen molar-refractivity contribution >= 4 is 5.91 Å². The SMILES string of the molecule is Cc1ccccc1CCNC(=O)CN(CCN)CCc1ccccc1. The Morgan fingerprint density at radius 1 is 1.00 bits per heavy atom. The molecular formula is C21H29N3O. The van der Waals surface area contributed by atoms with Crippen LogP contribution in [0.2, 0.25) is 0 Å². The molecule has 0 radical (unpaired) electrons. The fraction of sp³-hybridized carbons (Fsp3) is 0.381. The zero-order valence-electron chi connectivity index (χ0n) is 15.1. The molecule has 134 valence electrons. The van der Waals surface area contributed by atoms with E-state index in [0.717, 1.165) is 25.9 Å². The fourth-order valence-electron chi connectivity index (χ4n) is 2.87. The molecule has 2 aromatic rings. The molecule has 25 heavy (non-hydrogen) atoms. The van der Waals surface area contributed by atoms with E-state index in [9.17, 15) is 4.79 Å². The van der Waals surface area contributed by atoms with E-state index in [1.165, 1.54) is 16.7 Å². The molecule has 2 aromatic carbocycles. The van der Waals surface area contributed by atoms with Crippen LogP contribution in [-0.2, 0) is 17.6 Å². The molecule has 4 heteroatoms. The number of benzene rings is 2. The molecule has 0 heterocycles. The van der Waals surface area contributed by atoms with Gasteiger partial charge in [-0.05, 0) is 36.5 Å². The molecule has 0 aliphatic rings. The van der Waals surface area contributed by atoms with Crippen molar-refractivity contribution in [1.82, 2.24) is 10.2 Å². The van der Waals surface area contributed by atoms with Crippen LogP contribution in [0.25, 0.3) is 0 Å². The highest BCUT2D eigenvalue weighted by Crippen LogP contribution is 2.07. The van der Waals surface area contributed by atoms with Crippen LogP contribution in [0.5, 0.6) is 0 Å². The maximum Gasteiger partial charge on any atom is 0.234 e. The summed E-state index contributed by atoms with van der Waals surface area (Å²) >= 11 is 0. The first-order chi connectivity index (χ1) is 12.2. The largest absolute Gasteiger partial charge is 0.355 e. The second-order valence-corrected chi connectivity index (χ2v) is 6.33. The third-order valence-electron chi connectivity index (χ3n) is 4.35. The van der Waals surface area contributed by atoms with Gasteiger partial charge in [0.15, 0.2) is 0 Å². The van der Waals surface area contributed by atoms with Crippen LogP contribution in [-0.4, -0.2) is 43.5 Å². The van der Waals surface area contributed by atoms with Gasteiger partial charge in [0.1, 0.15) is 0 Å². The highest BCUT2D eigenvalue weighted by molar-refractivity contribution is 5.78. The molecule has 0 fully saturated rings. The van der Waals surface area contributed by atoms with E-state index in [1.807, 2.05) is 30.3 Å². The Hall–Kier alpha value is -2.17. The smallest absolute Gasteiger partial charge is 0.234 e. The van der Waals surface area contributed by atoms with Crippen molar-refractivity contribution in [3.8, 4) is 0 Å². The van der Waals surface area contributed by atoms with Gasteiger partial charge in [-0.15, -0.1) is 0 Å². The Morgan fingerprint density at radius 3 is 2.44 bits per heavy atom. The van der Waals surface area contributed by atoms with E-state index in [4.69, 9.17) is 5.73 Å². The van der Waals surface area contributed by atoms with Crippen molar-refractivity contribution in [1.29, 1.82) is 0 Å². The topological polar surface area (TPSA) is 58.4 Å². The molecule has 0 aromatic heterocycles. The fourth-order valence-corrected chi connectivity index (χ4v) is 2.87. The monoisotopic (exact) mass is 339 g/mol. The third kappa shape index (κ3) is 7.08. The number of aryl methyl sites for hydroxylation is 1. The van der Waals surface area contributed by atoms with E-state index in [0.29, 0.717) is 19.6 Å². The lowest BCUT2D eigenvalue weighted by Crippen LogP contribution is -2.41. The number of nitrogens with zero attached hydrogens (tertiary/aromatic N) is 1. The average molecular weight is 339 g/mol. The molecule has 0 aliphatic carbocycles. The second kappa shape index (κ2) is 10.6. The van der Waals surface area contributed by atoms with E-state index >= 15 is 0 Å². The van der Waals surface area contributed by atoms with Gasteiger partial charge >= 0.3 is 0 Å². The van der Waals surface area contributed by atoms with Gasteiger partial charge in [-0.1, -0.05) is 54.6 Å². The summed E-state index contributed by atoms with van der Waals surface area (Å²) in [6.45, 7) is 5.30. The average Bonchev–Trinajstić information content (AvgIpc) is 2.62. The maximum absolute atomic E-state index is 12.2. The molecule has 2 rings (SSSR count). The van der Waals surface area contributed by atoms with Crippen LogP contribution in [0.4, 0.5) is 0 Å². The lowest BCUT2D eigenvalue weighted by Gasteiger charge is -2.21.